The zero-order valence-corrected chi connectivity index (χ0v) is 12.1. The van der Waals surface area contributed by atoms with Crippen LogP contribution in [0.1, 0.15) is 20.3 Å². The van der Waals surface area contributed by atoms with Gasteiger partial charge in [-0.2, -0.15) is 0 Å². The van der Waals surface area contributed by atoms with E-state index in [-0.39, 0.29) is 22.2 Å². The summed E-state index contributed by atoms with van der Waals surface area (Å²) >= 11 is 0. The molecule has 0 saturated carbocycles. The van der Waals surface area contributed by atoms with Gasteiger partial charge in [0.25, 0.3) is 5.69 Å². The Hall–Kier alpha value is -1.71. The van der Waals surface area contributed by atoms with E-state index in [0.29, 0.717) is 6.54 Å². The highest BCUT2D eigenvalue weighted by molar-refractivity contribution is 7.89. The van der Waals surface area contributed by atoms with Gasteiger partial charge in [-0.15, -0.1) is 0 Å². The molecule has 0 radical (unpaired) electrons. The Morgan fingerprint density at radius 1 is 1.45 bits per heavy atom. The molecule has 8 nitrogen and oxygen atoms in total. The number of benzene rings is 1. The van der Waals surface area contributed by atoms with Crippen LogP contribution < -0.4 is 16.0 Å². The molecule has 1 atom stereocenters. The van der Waals surface area contributed by atoms with Crippen molar-refractivity contribution in [1.29, 1.82) is 0 Å². The van der Waals surface area contributed by atoms with Crippen LogP contribution in [0.2, 0.25) is 0 Å². The zero-order chi connectivity index (χ0) is 15.3. The van der Waals surface area contributed by atoms with Crippen molar-refractivity contribution in [3.05, 3.63) is 28.3 Å². The summed E-state index contributed by atoms with van der Waals surface area (Å²) < 4.78 is 26.6. The number of rotatable bonds is 7. The molecule has 1 aromatic rings. The van der Waals surface area contributed by atoms with Crippen LogP contribution in [0.5, 0.6) is 0 Å². The molecule has 1 unspecified atom stereocenters. The molecule has 9 heteroatoms. The van der Waals surface area contributed by atoms with Crippen molar-refractivity contribution in [1.82, 2.24) is 4.72 Å². The van der Waals surface area contributed by atoms with Crippen LogP contribution in [0.15, 0.2) is 23.1 Å². The summed E-state index contributed by atoms with van der Waals surface area (Å²) in [6.45, 7) is 4.19. The van der Waals surface area contributed by atoms with E-state index in [9.17, 15) is 18.5 Å². The molecule has 0 aromatic heterocycles. The Balaban J connectivity index is 3.04. The third-order valence-electron chi connectivity index (χ3n) is 2.95. The number of hydrogen-bond acceptors (Lipinski definition) is 6. The van der Waals surface area contributed by atoms with Crippen molar-refractivity contribution < 1.29 is 13.3 Å². The fraction of sp³-hybridized carbons (Fsp3) is 0.455. The van der Waals surface area contributed by atoms with E-state index in [1.807, 2.05) is 13.8 Å². The summed E-state index contributed by atoms with van der Waals surface area (Å²) in [5, 5.41) is 10.7. The van der Waals surface area contributed by atoms with Crippen molar-refractivity contribution in [3.63, 3.8) is 0 Å². The number of nitrogens with two attached hydrogens (primary N) is 1. The first kappa shape index (κ1) is 16.3. The van der Waals surface area contributed by atoms with Gasteiger partial charge in [-0.3, -0.25) is 16.0 Å². The van der Waals surface area contributed by atoms with E-state index < -0.39 is 14.9 Å². The highest BCUT2D eigenvalue weighted by atomic mass is 32.2. The minimum atomic E-state index is -3.71. The number of nitrogens with zero attached hydrogens (tertiary/aromatic N) is 1. The van der Waals surface area contributed by atoms with Crippen molar-refractivity contribution in [2.24, 2.45) is 11.8 Å². The molecule has 1 rings (SSSR count). The summed E-state index contributed by atoms with van der Waals surface area (Å²) in [6.07, 6.45) is 0.846. The second-order valence-electron chi connectivity index (χ2n) is 4.45. The molecule has 20 heavy (non-hydrogen) atoms. The Kier molecular flexibility index (Phi) is 5.43. The maximum absolute atomic E-state index is 12.1. The van der Waals surface area contributed by atoms with E-state index in [0.717, 1.165) is 18.6 Å². The minimum absolute atomic E-state index is 0.0542. The van der Waals surface area contributed by atoms with Crippen LogP contribution in [0, 0.1) is 16.0 Å². The molecule has 0 aliphatic carbocycles. The number of nitrogen functional groups attached to an aromatic ring is 1. The fourth-order valence-electron chi connectivity index (χ4n) is 1.44. The Bertz CT molecular complexity index is 588. The Labute approximate surface area is 117 Å². The first-order valence-corrected chi connectivity index (χ1v) is 7.54. The molecule has 0 aliphatic heterocycles. The van der Waals surface area contributed by atoms with Crippen LogP contribution in [-0.2, 0) is 10.0 Å². The second-order valence-corrected chi connectivity index (χ2v) is 6.21. The highest BCUT2D eigenvalue weighted by Gasteiger charge is 2.20. The van der Waals surface area contributed by atoms with Crippen LogP contribution in [0.25, 0.3) is 0 Å². The largest absolute Gasteiger partial charge is 0.318 e. The van der Waals surface area contributed by atoms with Gasteiger partial charge >= 0.3 is 0 Å². The van der Waals surface area contributed by atoms with Crippen LogP contribution in [0.3, 0.4) is 0 Å². The molecule has 0 amide bonds. The summed E-state index contributed by atoms with van der Waals surface area (Å²) in [5.74, 6) is 5.38. The van der Waals surface area contributed by atoms with Gasteiger partial charge in [0.1, 0.15) is 5.69 Å². The number of nitro groups is 1. The average Bonchev–Trinajstić information content (AvgIpc) is 2.43. The molecule has 0 bridgehead atoms. The smallest absolute Gasteiger partial charge is 0.293 e. The SMILES string of the molecule is CCC(C)CNS(=O)(=O)c1ccc([N+](=O)[O-])c(NN)c1. The van der Waals surface area contributed by atoms with Crippen molar-refractivity contribution in [3.8, 4) is 0 Å². The van der Waals surface area contributed by atoms with Gasteiger partial charge in [0, 0.05) is 12.6 Å². The normalized spacial score (nSPS) is 12.9. The quantitative estimate of drug-likeness (QED) is 0.394. The lowest BCUT2D eigenvalue weighted by Crippen LogP contribution is -2.28. The molecule has 0 aliphatic rings. The molecule has 0 saturated heterocycles. The van der Waals surface area contributed by atoms with E-state index >= 15 is 0 Å². The van der Waals surface area contributed by atoms with Gasteiger partial charge < -0.3 is 5.43 Å². The van der Waals surface area contributed by atoms with Gasteiger partial charge in [0.2, 0.25) is 10.0 Å². The zero-order valence-electron chi connectivity index (χ0n) is 11.3. The van der Waals surface area contributed by atoms with Crippen LogP contribution >= 0.6 is 0 Å². The number of nitro benzene ring substituents is 1. The van der Waals surface area contributed by atoms with Gasteiger partial charge in [-0.05, 0) is 18.1 Å². The van der Waals surface area contributed by atoms with Crippen LogP contribution in [-0.4, -0.2) is 19.9 Å². The summed E-state index contributed by atoms with van der Waals surface area (Å²) in [6, 6.07) is 3.42. The molecule has 0 fully saturated rings. The van der Waals surface area contributed by atoms with Crippen LogP contribution in [0.4, 0.5) is 11.4 Å². The fourth-order valence-corrected chi connectivity index (χ4v) is 2.63. The highest BCUT2D eigenvalue weighted by Crippen LogP contribution is 2.26. The van der Waals surface area contributed by atoms with E-state index in [4.69, 9.17) is 5.84 Å². The molecule has 0 heterocycles. The summed E-state index contributed by atoms with van der Waals surface area (Å²) in [5.41, 5.74) is 1.79. The number of hydrogen-bond donors (Lipinski definition) is 3. The summed E-state index contributed by atoms with van der Waals surface area (Å²) in [7, 11) is -3.71. The molecule has 4 N–H and O–H groups in total. The lowest BCUT2D eigenvalue weighted by atomic mass is 10.1. The molecule has 1 aromatic carbocycles. The van der Waals surface area contributed by atoms with Gasteiger partial charge in [-0.1, -0.05) is 20.3 Å². The number of nitrogens with one attached hydrogen (secondary N) is 2. The third-order valence-corrected chi connectivity index (χ3v) is 4.37. The van der Waals surface area contributed by atoms with Gasteiger partial charge in [-0.25, -0.2) is 13.1 Å². The van der Waals surface area contributed by atoms with Crippen molar-refractivity contribution >= 4 is 21.4 Å². The van der Waals surface area contributed by atoms with Crippen molar-refractivity contribution in [2.75, 3.05) is 12.0 Å². The van der Waals surface area contributed by atoms with E-state index in [1.54, 1.807) is 0 Å². The number of anilines is 1. The number of sulfonamides is 1. The molecule has 0 spiro atoms. The Morgan fingerprint density at radius 2 is 2.10 bits per heavy atom. The van der Waals surface area contributed by atoms with E-state index in [2.05, 4.69) is 10.1 Å². The lowest BCUT2D eigenvalue weighted by molar-refractivity contribution is -0.384. The third kappa shape index (κ3) is 3.89. The molecular formula is C11H18N4O4S. The summed E-state index contributed by atoms with van der Waals surface area (Å²) in [4.78, 5) is 10.0. The maximum atomic E-state index is 12.1. The predicted octanol–water partition coefficient (Wildman–Crippen LogP) is 1.20. The minimum Gasteiger partial charge on any atom is -0.318 e. The monoisotopic (exact) mass is 302 g/mol. The first-order valence-electron chi connectivity index (χ1n) is 6.06. The predicted molar refractivity (Wildman–Crippen MR) is 75.6 cm³/mol. The van der Waals surface area contributed by atoms with Crippen molar-refractivity contribution in [2.45, 2.75) is 25.2 Å². The lowest BCUT2D eigenvalue weighted by Gasteiger charge is -2.11. The number of hydrazine groups is 1. The topological polar surface area (TPSA) is 127 Å². The standard InChI is InChI=1S/C11H18N4O4S/c1-3-8(2)7-13-20(18,19)9-4-5-11(15(16)17)10(6-9)14-12/h4-6,8,13-14H,3,7,12H2,1-2H3. The second kappa shape index (κ2) is 6.64. The van der Waals surface area contributed by atoms with E-state index in [1.165, 1.54) is 6.07 Å². The molecule has 112 valence electrons. The van der Waals surface area contributed by atoms with Gasteiger partial charge in [0.15, 0.2) is 0 Å². The average molecular weight is 302 g/mol. The Morgan fingerprint density at radius 3 is 2.60 bits per heavy atom. The maximum Gasteiger partial charge on any atom is 0.293 e. The first-order chi connectivity index (χ1) is 9.31. The molecular weight excluding hydrogens is 284 g/mol. The van der Waals surface area contributed by atoms with Gasteiger partial charge in [0.05, 0.1) is 9.82 Å².